The largest absolute Gasteiger partial charge is 0.496 e. The molecule has 0 aliphatic rings. The van der Waals surface area contributed by atoms with Gasteiger partial charge in [0.05, 0.1) is 19.8 Å². The zero-order valence-electron chi connectivity index (χ0n) is 10.4. The molecule has 3 N–H and O–H groups in total. The van der Waals surface area contributed by atoms with Crippen LogP contribution in [0.4, 0.5) is 0 Å². The van der Waals surface area contributed by atoms with E-state index in [0.717, 1.165) is 22.4 Å². The van der Waals surface area contributed by atoms with Gasteiger partial charge in [-0.25, -0.2) is 0 Å². The molecule has 1 atom stereocenters. The van der Waals surface area contributed by atoms with Crippen molar-refractivity contribution in [3.63, 3.8) is 0 Å². The van der Waals surface area contributed by atoms with Gasteiger partial charge in [-0.3, -0.25) is 0 Å². The number of ether oxygens (including phenoxy) is 1. The SMILES string of the molecule is COc1c(C)ccc(C(N)CO)c1C(C)C. The first-order chi connectivity index (χ1) is 7.52. The maximum Gasteiger partial charge on any atom is 0.125 e. The van der Waals surface area contributed by atoms with Crippen LogP contribution in [0, 0.1) is 6.92 Å². The van der Waals surface area contributed by atoms with Crippen molar-refractivity contribution in [3.05, 3.63) is 28.8 Å². The molecule has 0 heterocycles. The number of aliphatic hydroxyl groups excluding tert-OH is 1. The zero-order valence-corrected chi connectivity index (χ0v) is 10.4. The van der Waals surface area contributed by atoms with E-state index in [9.17, 15) is 0 Å². The van der Waals surface area contributed by atoms with Gasteiger partial charge in [-0.2, -0.15) is 0 Å². The molecule has 3 heteroatoms. The number of methoxy groups -OCH3 is 1. The Labute approximate surface area is 97.2 Å². The minimum absolute atomic E-state index is 0.0497. The molecule has 1 aromatic carbocycles. The van der Waals surface area contributed by atoms with E-state index < -0.39 is 0 Å². The highest BCUT2D eigenvalue weighted by Gasteiger charge is 2.18. The highest BCUT2D eigenvalue weighted by Crippen LogP contribution is 2.35. The minimum atomic E-state index is -0.341. The summed E-state index contributed by atoms with van der Waals surface area (Å²) in [5.41, 5.74) is 9.07. The lowest BCUT2D eigenvalue weighted by molar-refractivity contribution is 0.267. The first-order valence-electron chi connectivity index (χ1n) is 5.56. The third-order valence-corrected chi connectivity index (χ3v) is 2.80. The molecule has 0 aliphatic heterocycles. The molecule has 1 rings (SSSR count). The highest BCUT2D eigenvalue weighted by atomic mass is 16.5. The molecular formula is C13H21NO2. The first-order valence-corrected chi connectivity index (χ1v) is 5.56. The van der Waals surface area contributed by atoms with Crippen LogP contribution < -0.4 is 10.5 Å². The Hall–Kier alpha value is -1.06. The van der Waals surface area contributed by atoms with Crippen molar-refractivity contribution in [1.82, 2.24) is 0 Å². The summed E-state index contributed by atoms with van der Waals surface area (Å²) >= 11 is 0. The lowest BCUT2D eigenvalue weighted by atomic mass is 9.90. The Morgan fingerprint density at radius 2 is 2.00 bits per heavy atom. The summed E-state index contributed by atoms with van der Waals surface area (Å²) < 4.78 is 5.44. The molecule has 0 aliphatic carbocycles. The molecule has 0 fully saturated rings. The summed E-state index contributed by atoms with van der Waals surface area (Å²) in [5, 5.41) is 9.16. The van der Waals surface area contributed by atoms with Crippen molar-refractivity contribution in [2.75, 3.05) is 13.7 Å². The second-order valence-electron chi connectivity index (χ2n) is 4.36. The van der Waals surface area contributed by atoms with Gasteiger partial charge < -0.3 is 15.6 Å². The van der Waals surface area contributed by atoms with Gasteiger partial charge in [0.25, 0.3) is 0 Å². The van der Waals surface area contributed by atoms with Crippen molar-refractivity contribution >= 4 is 0 Å². The van der Waals surface area contributed by atoms with Gasteiger partial charge in [0.15, 0.2) is 0 Å². The van der Waals surface area contributed by atoms with E-state index in [4.69, 9.17) is 15.6 Å². The van der Waals surface area contributed by atoms with Crippen LogP contribution in [0.5, 0.6) is 5.75 Å². The third-order valence-electron chi connectivity index (χ3n) is 2.80. The molecule has 0 saturated heterocycles. The summed E-state index contributed by atoms with van der Waals surface area (Å²) in [6.45, 7) is 6.17. The van der Waals surface area contributed by atoms with Crippen LogP contribution in [0.3, 0.4) is 0 Å². The smallest absolute Gasteiger partial charge is 0.125 e. The lowest BCUT2D eigenvalue weighted by Crippen LogP contribution is -2.17. The van der Waals surface area contributed by atoms with Crippen LogP contribution in [0.15, 0.2) is 12.1 Å². The summed E-state index contributed by atoms with van der Waals surface area (Å²) in [5.74, 6) is 1.21. The standard InChI is InChI=1S/C13H21NO2/c1-8(2)12-10(11(14)7-15)6-5-9(3)13(12)16-4/h5-6,8,11,15H,7,14H2,1-4H3. The maximum atomic E-state index is 9.16. The number of rotatable bonds is 4. The van der Waals surface area contributed by atoms with Gasteiger partial charge in [0, 0.05) is 5.56 Å². The van der Waals surface area contributed by atoms with Crippen molar-refractivity contribution in [2.24, 2.45) is 5.73 Å². The number of benzene rings is 1. The van der Waals surface area contributed by atoms with Crippen LogP contribution in [0.25, 0.3) is 0 Å². The molecule has 3 nitrogen and oxygen atoms in total. The van der Waals surface area contributed by atoms with Gasteiger partial charge in [0.1, 0.15) is 5.75 Å². The molecule has 0 aromatic heterocycles. The van der Waals surface area contributed by atoms with Gasteiger partial charge in [-0.15, -0.1) is 0 Å². The van der Waals surface area contributed by atoms with Crippen molar-refractivity contribution in [2.45, 2.75) is 32.7 Å². The van der Waals surface area contributed by atoms with Crippen LogP contribution in [-0.2, 0) is 0 Å². The van der Waals surface area contributed by atoms with Crippen LogP contribution in [0.1, 0.15) is 42.5 Å². The summed E-state index contributed by atoms with van der Waals surface area (Å²) in [6, 6.07) is 3.62. The van der Waals surface area contributed by atoms with Crippen molar-refractivity contribution in [3.8, 4) is 5.75 Å². The van der Waals surface area contributed by atoms with E-state index in [1.165, 1.54) is 0 Å². The molecule has 0 spiro atoms. The average molecular weight is 223 g/mol. The van der Waals surface area contributed by atoms with Gasteiger partial charge in [0.2, 0.25) is 0 Å². The second kappa shape index (κ2) is 5.32. The summed E-state index contributed by atoms with van der Waals surface area (Å²) in [6.07, 6.45) is 0. The molecule has 1 aromatic rings. The molecule has 1 unspecified atom stereocenters. The number of aliphatic hydroxyl groups is 1. The van der Waals surface area contributed by atoms with Crippen LogP contribution in [0.2, 0.25) is 0 Å². The number of aryl methyl sites for hydroxylation is 1. The second-order valence-corrected chi connectivity index (χ2v) is 4.36. The van der Waals surface area contributed by atoms with E-state index in [-0.39, 0.29) is 12.6 Å². The fourth-order valence-corrected chi connectivity index (χ4v) is 2.01. The average Bonchev–Trinajstić information content (AvgIpc) is 2.27. The molecule has 0 amide bonds. The Morgan fingerprint density at radius 1 is 1.38 bits per heavy atom. The van der Waals surface area contributed by atoms with Gasteiger partial charge in [-0.1, -0.05) is 26.0 Å². The normalized spacial score (nSPS) is 12.9. The molecular weight excluding hydrogens is 202 g/mol. The Kier molecular flexibility index (Phi) is 4.33. The van der Waals surface area contributed by atoms with E-state index >= 15 is 0 Å². The highest BCUT2D eigenvalue weighted by molar-refractivity contribution is 5.48. The first kappa shape index (κ1) is 13.0. The van der Waals surface area contributed by atoms with Crippen molar-refractivity contribution < 1.29 is 9.84 Å². The molecule has 16 heavy (non-hydrogen) atoms. The maximum absolute atomic E-state index is 9.16. The number of hydrogen-bond acceptors (Lipinski definition) is 3. The molecule has 0 bridgehead atoms. The Balaban J connectivity index is 3.38. The van der Waals surface area contributed by atoms with Gasteiger partial charge in [-0.05, 0) is 24.0 Å². The Morgan fingerprint density at radius 3 is 2.44 bits per heavy atom. The monoisotopic (exact) mass is 223 g/mol. The summed E-state index contributed by atoms with van der Waals surface area (Å²) in [7, 11) is 1.67. The van der Waals surface area contributed by atoms with Crippen molar-refractivity contribution in [1.29, 1.82) is 0 Å². The topological polar surface area (TPSA) is 55.5 Å². The third kappa shape index (κ3) is 2.36. The fourth-order valence-electron chi connectivity index (χ4n) is 2.01. The molecule has 0 radical (unpaired) electrons. The molecule has 0 saturated carbocycles. The Bertz CT molecular complexity index is 361. The fraction of sp³-hybridized carbons (Fsp3) is 0.538. The van der Waals surface area contributed by atoms with E-state index in [1.807, 2.05) is 19.1 Å². The van der Waals surface area contributed by atoms with E-state index in [2.05, 4.69) is 13.8 Å². The molecule has 90 valence electrons. The van der Waals surface area contributed by atoms with Crippen LogP contribution >= 0.6 is 0 Å². The van der Waals surface area contributed by atoms with E-state index in [1.54, 1.807) is 7.11 Å². The lowest BCUT2D eigenvalue weighted by Gasteiger charge is -2.21. The van der Waals surface area contributed by atoms with Crippen LogP contribution in [-0.4, -0.2) is 18.8 Å². The predicted molar refractivity (Wildman–Crippen MR) is 65.8 cm³/mol. The minimum Gasteiger partial charge on any atom is -0.496 e. The summed E-state index contributed by atoms with van der Waals surface area (Å²) in [4.78, 5) is 0. The van der Waals surface area contributed by atoms with Gasteiger partial charge >= 0.3 is 0 Å². The zero-order chi connectivity index (χ0) is 12.3. The van der Waals surface area contributed by atoms with E-state index in [0.29, 0.717) is 5.92 Å². The predicted octanol–water partition coefficient (Wildman–Crippen LogP) is 2.12. The number of hydrogen-bond donors (Lipinski definition) is 2. The number of nitrogens with two attached hydrogens (primary N) is 1. The quantitative estimate of drug-likeness (QED) is 0.822.